The predicted molar refractivity (Wildman–Crippen MR) is 136 cm³/mol. The van der Waals surface area contributed by atoms with Crippen molar-refractivity contribution in [1.82, 2.24) is 9.88 Å². The predicted octanol–water partition coefficient (Wildman–Crippen LogP) is 6.04. The Bertz CT molecular complexity index is 1270. The number of thiazole rings is 1. The van der Waals surface area contributed by atoms with Crippen molar-refractivity contribution in [3.8, 4) is 16.3 Å². The summed E-state index contributed by atoms with van der Waals surface area (Å²) < 4.78 is 5.58. The van der Waals surface area contributed by atoms with E-state index < -0.39 is 17.7 Å². The number of aromatic nitrogens is 1. The Morgan fingerprint density at radius 2 is 1.80 bits per heavy atom. The van der Waals surface area contributed by atoms with E-state index in [1.807, 2.05) is 61.5 Å². The first-order valence-electron chi connectivity index (χ1n) is 12.1. The average Bonchev–Trinajstić information content (AvgIpc) is 3.59. The molecule has 1 atom stereocenters. The van der Waals surface area contributed by atoms with Crippen molar-refractivity contribution < 1.29 is 19.4 Å². The number of carbonyl (C=O) groups is 2. The summed E-state index contributed by atoms with van der Waals surface area (Å²) in [6, 6.07) is 16.5. The van der Waals surface area contributed by atoms with Crippen LogP contribution in [0.5, 0.6) is 5.75 Å². The first-order chi connectivity index (χ1) is 17.0. The Kier molecular flexibility index (Phi) is 6.43. The van der Waals surface area contributed by atoms with Crippen LogP contribution in [-0.4, -0.2) is 39.3 Å². The number of aryl methyl sites for hydroxylation is 1. The van der Waals surface area contributed by atoms with Crippen LogP contribution in [0.2, 0.25) is 0 Å². The van der Waals surface area contributed by atoms with Gasteiger partial charge >= 0.3 is 0 Å². The fraction of sp³-hybridized carbons (Fsp3) is 0.321. The van der Waals surface area contributed by atoms with Crippen LogP contribution in [0, 0.1) is 6.92 Å². The molecule has 7 heteroatoms. The van der Waals surface area contributed by atoms with Crippen LogP contribution < -0.4 is 4.74 Å². The van der Waals surface area contributed by atoms with Crippen molar-refractivity contribution in [3.63, 3.8) is 0 Å². The zero-order valence-electron chi connectivity index (χ0n) is 19.9. The molecule has 1 aromatic heterocycles. The van der Waals surface area contributed by atoms with Crippen LogP contribution in [0.15, 0.2) is 65.9 Å². The molecule has 1 saturated carbocycles. The van der Waals surface area contributed by atoms with Gasteiger partial charge < -0.3 is 14.7 Å². The molecule has 1 unspecified atom stereocenters. The summed E-state index contributed by atoms with van der Waals surface area (Å²) in [5.41, 5.74) is 2.44. The van der Waals surface area contributed by atoms with Gasteiger partial charge in [0, 0.05) is 11.6 Å². The Morgan fingerprint density at radius 3 is 2.46 bits per heavy atom. The molecule has 1 aliphatic heterocycles. The third-order valence-corrected chi connectivity index (χ3v) is 7.94. The molecule has 5 rings (SSSR count). The molecule has 2 aromatic carbocycles. The number of benzene rings is 2. The molecule has 1 amide bonds. The first kappa shape index (κ1) is 23.3. The van der Waals surface area contributed by atoms with Crippen molar-refractivity contribution in [2.75, 3.05) is 6.61 Å². The summed E-state index contributed by atoms with van der Waals surface area (Å²) in [4.78, 5) is 34.1. The Morgan fingerprint density at radius 1 is 1.11 bits per heavy atom. The van der Waals surface area contributed by atoms with E-state index in [0.29, 0.717) is 17.2 Å². The molecule has 0 saturated heterocycles. The molecule has 0 bridgehead atoms. The summed E-state index contributed by atoms with van der Waals surface area (Å²) in [6.07, 6.45) is 3.79. The lowest BCUT2D eigenvalue weighted by Gasteiger charge is -2.32. The largest absolute Gasteiger partial charge is 0.503 e. The number of nitrogens with zero attached hydrogens (tertiary/aromatic N) is 2. The van der Waals surface area contributed by atoms with Gasteiger partial charge in [-0.15, -0.1) is 11.3 Å². The highest BCUT2D eigenvalue weighted by Crippen LogP contribution is 2.44. The van der Waals surface area contributed by atoms with E-state index in [0.717, 1.165) is 47.6 Å². The normalized spacial score (nSPS) is 18.5. The lowest BCUT2D eigenvalue weighted by atomic mass is 9.94. The number of rotatable bonds is 7. The summed E-state index contributed by atoms with van der Waals surface area (Å²) in [5, 5.41) is 11.8. The summed E-state index contributed by atoms with van der Waals surface area (Å²) >= 11 is 1.29. The minimum absolute atomic E-state index is 0.00560. The van der Waals surface area contributed by atoms with E-state index in [-0.39, 0.29) is 17.4 Å². The Balaban J connectivity index is 1.57. The second-order valence-corrected chi connectivity index (χ2v) is 9.95. The van der Waals surface area contributed by atoms with Gasteiger partial charge in [-0.3, -0.25) is 9.59 Å². The first-order valence-corrected chi connectivity index (χ1v) is 12.9. The molecule has 1 fully saturated rings. The van der Waals surface area contributed by atoms with Gasteiger partial charge in [0.1, 0.15) is 10.8 Å². The standard InChI is InChI=1S/C28H28N2O4S/c1-3-34-21-15-13-18(14-16-21)23-22(25(32)28(33)30(23)20-11-7-8-12-20)24(31)26-17(2)29-27(35-26)19-9-5-4-6-10-19/h4-6,9-10,13-16,20,23,32H,3,7-8,11-12H2,1-2H3. The van der Waals surface area contributed by atoms with Crippen molar-refractivity contribution in [2.24, 2.45) is 0 Å². The highest BCUT2D eigenvalue weighted by Gasteiger charge is 2.47. The summed E-state index contributed by atoms with van der Waals surface area (Å²) in [5.74, 6) is -0.535. The van der Waals surface area contributed by atoms with Crippen LogP contribution in [0.3, 0.4) is 0 Å². The topological polar surface area (TPSA) is 79.7 Å². The number of hydrogen-bond donors (Lipinski definition) is 1. The number of amides is 1. The van der Waals surface area contributed by atoms with Gasteiger partial charge in [0.15, 0.2) is 5.76 Å². The molecule has 180 valence electrons. The van der Waals surface area contributed by atoms with E-state index in [1.165, 1.54) is 11.3 Å². The molecule has 1 N–H and O–H groups in total. The third-order valence-electron chi connectivity index (χ3n) is 6.74. The molecular formula is C28H28N2O4S. The quantitative estimate of drug-likeness (QED) is 0.410. The van der Waals surface area contributed by atoms with Gasteiger partial charge in [0.05, 0.1) is 28.8 Å². The number of ether oxygens (including phenoxy) is 1. The number of Topliss-reactive ketones (excluding diaryl/α,β-unsaturated/α-hetero) is 1. The molecule has 2 heterocycles. The SMILES string of the molecule is CCOc1ccc(C2C(C(=O)c3sc(-c4ccccc4)nc3C)=C(O)C(=O)N2C2CCCC2)cc1. The van der Waals surface area contributed by atoms with Crippen molar-refractivity contribution in [2.45, 2.75) is 51.6 Å². The van der Waals surface area contributed by atoms with E-state index in [4.69, 9.17) is 4.74 Å². The number of carbonyl (C=O) groups excluding carboxylic acids is 2. The number of ketones is 1. The summed E-state index contributed by atoms with van der Waals surface area (Å²) in [6.45, 7) is 4.27. The van der Waals surface area contributed by atoms with Gasteiger partial charge in [-0.05, 0) is 44.4 Å². The second-order valence-electron chi connectivity index (χ2n) is 8.95. The van der Waals surface area contributed by atoms with E-state index in [2.05, 4.69) is 4.98 Å². The highest BCUT2D eigenvalue weighted by atomic mass is 32.1. The van der Waals surface area contributed by atoms with Gasteiger partial charge in [-0.25, -0.2) is 4.98 Å². The molecule has 35 heavy (non-hydrogen) atoms. The van der Waals surface area contributed by atoms with E-state index >= 15 is 0 Å². The van der Waals surface area contributed by atoms with Crippen molar-refractivity contribution in [1.29, 1.82) is 0 Å². The summed E-state index contributed by atoms with van der Waals surface area (Å²) in [7, 11) is 0. The van der Waals surface area contributed by atoms with Gasteiger partial charge in [-0.1, -0.05) is 55.3 Å². The fourth-order valence-corrected chi connectivity index (χ4v) is 6.11. The fourth-order valence-electron chi connectivity index (χ4n) is 5.09. The number of hydrogen-bond acceptors (Lipinski definition) is 6. The zero-order valence-corrected chi connectivity index (χ0v) is 20.7. The van der Waals surface area contributed by atoms with Crippen LogP contribution >= 0.6 is 11.3 Å². The Labute approximate surface area is 208 Å². The maximum absolute atomic E-state index is 13.9. The molecular weight excluding hydrogens is 460 g/mol. The second kappa shape index (κ2) is 9.66. The van der Waals surface area contributed by atoms with Crippen molar-refractivity contribution >= 4 is 23.0 Å². The number of aliphatic hydroxyl groups excluding tert-OH is 1. The van der Waals surface area contributed by atoms with Gasteiger partial charge in [0.25, 0.3) is 5.91 Å². The van der Waals surface area contributed by atoms with E-state index in [1.54, 1.807) is 11.8 Å². The zero-order chi connectivity index (χ0) is 24.5. The monoisotopic (exact) mass is 488 g/mol. The molecule has 1 aliphatic carbocycles. The van der Waals surface area contributed by atoms with Crippen LogP contribution in [0.4, 0.5) is 0 Å². The Hall–Kier alpha value is -3.45. The average molecular weight is 489 g/mol. The lowest BCUT2D eigenvalue weighted by molar-refractivity contribution is -0.131. The third kappa shape index (κ3) is 4.25. The van der Waals surface area contributed by atoms with E-state index in [9.17, 15) is 14.7 Å². The van der Waals surface area contributed by atoms with Crippen LogP contribution in [-0.2, 0) is 4.79 Å². The maximum Gasteiger partial charge on any atom is 0.290 e. The van der Waals surface area contributed by atoms with Crippen molar-refractivity contribution in [3.05, 3.63) is 82.1 Å². The molecule has 2 aliphatic rings. The molecule has 6 nitrogen and oxygen atoms in total. The van der Waals surface area contributed by atoms with Gasteiger partial charge in [0.2, 0.25) is 5.78 Å². The number of aliphatic hydroxyl groups is 1. The van der Waals surface area contributed by atoms with Gasteiger partial charge in [-0.2, -0.15) is 0 Å². The molecule has 0 radical (unpaired) electrons. The maximum atomic E-state index is 13.9. The molecule has 0 spiro atoms. The van der Waals surface area contributed by atoms with Crippen LogP contribution in [0.25, 0.3) is 10.6 Å². The molecule has 3 aromatic rings. The lowest BCUT2D eigenvalue weighted by Crippen LogP contribution is -2.38. The minimum atomic E-state index is -0.643. The minimum Gasteiger partial charge on any atom is -0.503 e. The highest BCUT2D eigenvalue weighted by molar-refractivity contribution is 7.17. The van der Waals surface area contributed by atoms with Crippen LogP contribution in [0.1, 0.15) is 59.6 Å². The smallest absolute Gasteiger partial charge is 0.290 e.